The molecule has 1 aromatic carbocycles. The molecule has 0 saturated carbocycles. The number of esters is 1. The number of amides is 3. The molecule has 10 heteroatoms. The minimum absolute atomic E-state index is 0.179. The number of thiocarbonyl (C=S) groups is 1. The quantitative estimate of drug-likeness (QED) is 0.296. The third-order valence-electron chi connectivity index (χ3n) is 4.93. The summed E-state index contributed by atoms with van der Waals surface area (Å²) in [7, 11) is 0. The smallest absolute Gasteiger partial charge is 0.338 e. The highest BCUT2D eigenvalue weighted by Gasteiger charge is 2.43. The molecule has 0 aromatic heterocycles. The lowest BCUT2D eigenvalue weighted by atomic mass is 10.1. The maximum absolute atomic E-state index is 12.8. The van der Waals surface area contributed by atoms with Gasteiger partial charge in [-0.15, -0.1) is 0 Å². The number of benzene rings is 1. The van der Waals surface area contributed by atoms with E-state index in [1.807, 2.05) is 6.92 Å². The largest absolute Gasteiger partial charge is 0.462 e. The average Bonchev–Trinajstić information content (AvgIpc) is 2.98. The Morgan fingerprint density at radius 2 is 1.75 bits per heavy atom. The highest BCUT2D eigenvalue weighted by atomic mass is 32.1. The highest BCUT2D eigenvalue weighted by Crippen LogP contribution is 2.20. The van der Waals surface area contributed by atoms with Gasteiger partial charge in [0.1, 0.15) is 6.04 Å². The number of anilines is 1. The van der Waals surface area contributed by atoms with Crippen molar-refractivity contribution < 1.29 is 23.9 Å². The molecular formula is C22H30N4O5S. The lowest BCUT2D eigenvalue weighted by Crippen LogP contribution is -2.49. The Morgan fingerprint density at radius 1 is 1.06 bits per heavy atom. The van der Waals surface area contributed by atoms with Crippen LogP contribution in [0.5, 0.6) is 0 Å². The molecule has 1 aliphatic heterocycles. The standard InChI is InChI=1S/C22H30N4O5S/c1-4-7-8-9-18(27)24-26-17(20(29)25(5-2)22(26)32)14-19(28)23-16-12-10-15(11-13-16)21(30)31-6-3/h10-13,17H,4-9,14H2,1-3H3,(H,23,28)(H,24,27). The molecule has 2 rings (SSSR count). The van der Waals surface area contributed by atoms with Crippen LogP contribution in [-0.2, 0) is 19.1 Å². The fourth-order valence-electron chi connectivity index (χ4n) is 3.26. The van der Waals surface area contributed by atoms with Crippen LogP contribution in [0.1, 0.15) is 63.2 Å². The summed E-state index contributed by atoms with van der Waals surface area (Å²) in [5.41, 5.74) is 3.54. The van der Waals surface area contributed by atoms with E-state index in [0.717, 1.165) is 19.3 Å². The van der Waals surface area contributed by atoms with E-state index in [0.29, 0.717) is 24.2 Å². The van der Waals surface area contributed by atoms with E-state index in [9.17, 15) is 19.2 Å². The molecule has 0 radical (unpaired) electrons. The van der Waals surface area contributed by atoms with Crippen LogP contribution in [0.3, 0.4) is 0 Å². The summed E-state index contributed by atoms with van der Waals surface area (Å²) in [6.45, 7) is 6.16. The van der Waals surface area contributed by atoms with E-state index < -0.39 is 17.9 Å². The Morgan fingerprint density at radius 3 is 2.34 bits per heavy atom. The number of nitrogens with zero attached hydrogens (tertiary/aromatic N) is 2. The van der Waals surface area contributed by atoms with Crippen LogP contribution in [0.2, 0.25) is 0 Å². The summed E-state index contributed by atoms with van der Waals surface area (Å²) in [5, 5.41) is 4.20. The molecule has 0 aliphatic carbocycles. The van der Waals surface area contributed by atoms with Crippen molar-refractivity contribution in [1.29, 1.82) is 0 Å². The summed E-state index contributed by atoms with van der Waals surface area (Å²) in [5.74, 6) is -1.44. The first-order chi connectivity index (χ1) is 15.3. The van der Waals surface area contributed by atoms with Crippen LogP contribution in [0.15, 0.2) is 24.3 Å². The Kier molecular flexibility index (Phi) is 9.58. The van der Waals surface area contributed by atoms with Crippen LogP contribution in [0, 0.1) is 0 Å². The van der Waals surface area contributed by atoms with Gasteiger partial charge in [0.05, 0.1) is 18.6 Å². The lowest BCUT2D eigenvalue weighted by Gasteiger charge is -2.24. The van der Waals surface area contributed by atoms with Crippen molar-refractivity contribution in [2.75, 3.05) is 18.5 Å². The van der Waals surface area contributed by atoms with Crippen molar-refractivity contribution >= 4 is 46.7 Å². The number of rotatable bonds is 11. The van der Waals surface area contributed by atoms with Gasteiger partial charge in [-0.3, -0.25) is 24.7 Å². The Balaban J connectivity index is 2.04. The number of ether oxygens (including phenoxy) is 1. The summed E-state index contributed by atoms with van der Waals surface area (Å²) in [6.07, 6.45) is 2.78. The Hall–Kier alpha value is -3.01. The molecule has 1 fully saturated rings. The van der Waals surface area contributed by atoms with Crippen LogP contribution >= 0.6 is 12.2 Å². The maximum Gasteiger partial charge on any atom is 0.338 e. The number of hydrogen-bond donors (Lipinski definition) is 2. The van der Waals surface area contributed by atoms with Crippen LogP contribution in [0.25, 0.3) is 0 Å². The highest BCUT2D eigenvalue weighted by molar-refractivity contribution is 7.80. The zero-order valence-corrected chi connectivity index (χ0v) is 19.5. The molecule has 2 N–H and O–H groups in total. The summed E-state index contributed by atoms with van der Waals surface area (Å²) in [6, 6.07) is 5.33. The molecular weight excluding hydrogens is 432 g/mol. The van der Waals surface area contributed by atoms with Gasteiger partial charge in [0.15, 0.2) is 5.11 Å². The number of carbonyl (C=O) groups is 4. The Labute approximate surface area is 193 Å². The molecule has 9 nitrogen and oxygen atoms in total. The van der Waals surface area contributed by atoms with Gasteiger partial charge in [-0.2, -0.15) is 0 Å². The SMILES string of the molecule is CCCCCC(=O)NN1C(=S)N(CC)C(=O)C1CC(=O)Nc1ccc(C(=O)OCC)cc1. The molecule has 1 saturated heterocycles. The zero-order chi connectivity index (χ0) is 23.7. The monoisotopic (exact) mass is 462 g/mol. The first-order valence-electron chi connectivity index (χ1n) is 10.8. The molecule has 0 spiro atoms. The van der Waals surface area contributed by atoms with Crippen molar-refractivity contribution in [2.45, 2.75) is 58.9 Å². The number of carbonyl (C=O) groups excluding carboxylic acids is 4. The number of unbranched alkanes of at least 4 members (excludes halogenated alkanes) is 2. The van der Waals surface area contributed by atoms with Gasteiger partial charge in [-0.1, -0.05) is 19.8 Å². The first-order valence-corrected chi connectivity index (χ1v) is 11.2. The minimum Gasteiger partial charge on any atom is -0.462 e. The molecule has 1 atom stereocenters. The predicted molar refractivity (Wildman–Crippen MR) is 124 cm³/mol. The number of hydrazine groups is 1. The van der Waals surface area contributed by atoms with Crippen LogP contribution in [0.4, 0.5) is 5.69 Å². The Bertz CT molecular complexity index is 858. The second kappa shape index (κ2) is 12.1. The summed E-state index contributed by atoms with van der Waals surface area (Å²) in [4.78, 5) is 50.8. The van der Waals surface area contributed by atoms with E-state index >= 15 is 0 Å². The fraction of sp³-hybridized carbons (Fsp3) is 0.500. The van der Waals surface area contributed by atoms with Crippen LogP contribution in [-0.4, -0.2) is 57.9 Å². The fourth-order valence-corrected chi connectivity index (χ4v) is 3.65. The molecule has 1 unspecified atom stereocenters. The van der Waals surface area contributed by atoms with Gasteiger partial charge < -0.3 is 10.1 Å². The lowest BCUT2D eigenvalue weighted by molar-refractivity contribution is -0.132. The predicted octanol–water partition coefficient (Wildman–Crippen LogP) is 2.62. The van der Waals surface area contributed by atoms with E-state index in [-0.39, 0.29) is 30.0 Å². The van der Waals surface area contributed by atoms with E-state index in [1.165, 1.54) is 9.91 Å². The minimum atomic E-state index is -0.920. The molecule has 3 amide bonds. The van der Waals surface area contributed by atoms with Gasteiger partial charge in [0.2, 0.25) is 11.8 Å². The number of likely N-dealkylation sites (N-methyl/N-ethyl adjacent to an activating group) is 1. The van der Waals surface area contributed by atoms with Gasteiger partial charge >= 0.3 is 5.97 Å². The van der Waals surface area contributed by atoms with Crippen molar-refractivity contribution in [3.63, 3.8) is 0 Å². The van der Waals surface area contributed by atoms with E-state index in [2.05, 4.69) is 10.7 Å². The molecule has 1 aliphatic rings. The summed E-state index contributed by atoms with van der Waals surface area (Å²) < 4.78 is 4.93. The molecule has 1 aromatic rings. The van der Waals surface area contributed by atoms with Crippen LogP contribution < -0.4 is 10.7 Å². The van der Waals surface area contributed by atoms with E-state index in [1.54, 1.807) is 38.1 Å². The second-order valence-corrected chi connectivity index (χ2v) is 7.66. The van der Waals surface area contributed by atoms with Gasteiger partial charge in [0.25, 0.3) is 5.91 Å². The molecule has 32 heavy (non-hydrogen) atoms. The van der Waals surface area contributed by atoms with Gasteiger partial charge in [-0.25, -0.2) is 9.80 Å². The number of nitrogens with one attached hydrogen (secondary N) is 2. The molecule has 1 heterocycles. The second-order valence-electron chi connectivity index (χ2n) is 7.29. The molecule has 0 bridgehead atoms. The van der Waals surface area contributed by atoms with Crippen molar-refractivity contribution in [3.8, 4) is 0 Å². The average molecular weight is 463 g/mol. The molecule has 174 valence electrons. The van der Waals surface area contributed by atoms with Crippen molar-refractivity contribution in [3.05, 3.63) is 29.8 Å². The maximum atomic E-state index is 12.8. The number of hydrogen-bond acceptors (Lipinski definition) is 6. The van der Waals surface area contributed by atoms with Crippen molar-refractivity contribution in [2.24, 2.45) is 0 Å². The first kappa shape index (κ1) is 25.3. The normalized spacial score (nSPS) is 15.7. The topological polar surface area (TPSA) is 108 Å². The van der Waals surface area contributed by atoms with Gasteiger partial charge in [0, 0.05) is 18.7 Å². The summed E-state index contributed by atoms with van der Waals surface area (Å²) >= 11 is 5.35. The van der Waals surface area contributed by atoms with E-state index in [4.69, 9.17) is 17.0 Å². The third kappa shape index (κ3) is 6.49. The third-order valence-corrected chi connectivity index (χ3v) is 5.34. The zero-order valence-electron chi connectivity index (χ0n) is 18.7. The van der Waals surface area contributed by atoms with Crippen molar-refractivity contribution in [1.82, 2.24) is 15.3 Å². The van der Waals surface area contributed by atoms with Gasteiger partial charge in [-0.05, 0) is 56.8 Å².